The highest BCUT2D eigenvalue weighted by atomic mass is 79.9. The van der Waals surface area contributed by atoms with Gasteiger partial charge >= 0.3 is 0 Å². The summed E-state index contributed by atoms with van der Waals surface area (Å²) in [7, 11) is 0. The first kappa shape index (κ1) is 14.6. The van der Waals surface area contributed by atoms with E-state index in [4.69, 9.17) is 0 Å². The van der Waals surface area contributed by atoms with Crippen LogP contribution >= 0.6 is 27.7 Å². The minimum Gasteiger partial charge on any atom is -0.295 e. The molecule has 3 rings (SSSR count). The maximum atomic E-state index is 13.8. The second-order valence-electron chi connectivity index (χ2n) is 4.92. The number of benzene rings is 2. The Morgan fingerprint density at radius 2 is 2.10 bits per heavy atom. The molecule has 1 aliphatic rings. The van der Waals surface area contributed by atoms with Gasteiger partial charge in [0.05, 0.1) is 5.75 Å². The first-order valence-electron chi connectivity index (χ1n) is 6.51. The van der Waals surface area contributed by atoms with E-state index in [0.717, 1.165) is 10.0 Å². The smallest absolute Gasteiger partial charge is 0.238 e. The number of hydrogen-bond acceptors (Lipinski definition) is 2. The number of anilines is 1. The molecule has 2 aromatic carbocycles. The SMILES string of the molecule is Cc1ccc(N2C(=O)CS[C@@H]2c2cccc(Br)c2)cc1F. The fourth-order valence-corrected chi connectivity index (χ4v) is 3.93. The number of carbonyl (C=O) groups excluding carboxylic acids is 1. The van der Waals surface area contributed by atoms with E-state index in [1.807, 2.05) is 24.3 Å². The van der Waals surface area contributed by atoms with Gasteiger partial charge in [0.1, 0.15) is 11.2 Å². The second-order valence-corrected chi connectivity index (χ2v) is 6.90. The third-order valence-corrected chi connectivity index (χ3v) is 5.14. The van der Waals surface area contributed by atoms with Gasteiger partial charge in [-0.05, 0) is 42.3 Å². The molecule has 0 aromatic heterocycles. The summed E-state index contributed by atoms with van der Waals surface area (Å²) in [5.41, 5.74) is 2.22. The van der Waals surface area contributed by atoms with Crippen LogP contribution in [0.5, 0.6) is 0 Å². The predicted molar refractivity (Wildman–Crippen MR) is 88.0 cm³/mol. The van der Waals surface area contributed by atoms with Crippen molar-refractivity contribution in [3.8, 4) is 0 Å². The van der Waals surface area contributed by atoms with Gasteiger partial charge in [-0.2, -0.15) is 0 Å². The van der Waals surface area contributed by atoms with Gasteiger partial charge in [0.2, 0.25) is 5.91 Å². The summed E-state index contributed by atoms with van der Waals surface area (Å²) in [5, 5.41) is -0.114. The largest absolute Gasteiger partial charge is 0.295 e. The molecule has 0 N–H and O–H groups in total. The summed E-state index contributed by atoms with van der Waals surface area (Å²) >= 11 is 5.01. The molecule has 0 spiro atoms. The van der Waals surface area contributed by atoms with Crippen LogP contribution in [-0.4, -0.2) is 11.7 Å². The van der Waals surface area contributed by atoms with Gasteiger partial charge in [-0.1, -0.05) is 34.1 Å². The van der Waals surface area contributed by atoms with Gasteiger partial charge in [0.15, 0.2) is 0 Å². The Bertz CT molecular complexity index is 706. The number of amides is 1. The molecule has 0 unspecified atom stereocenters. The summed E-state index contributed by atoms with van der Waals surface area (Å²) in [6.07, 6.45) is 0. The number of rotatable bonds is 2. The zero-order valence-corrected chi connectivity index (χ0v) is 13.7. The van der Waals surface area contributed by atoms with Crippen LogP contribution in [-0.2, 0) is 4.79 Å². The molecule has 0 aliphatic carbocycles. The molecule has 1 atom stereocenters. The molecule has 1 amide bonds. The Kier molecular flexibility index (Phi) is 4.04. The third kappa shape index (κ3) is 2.85. The molecule has 21 heavy (non-hydrogen) atoms. The lowest BCUT2D eigenvalue weighted by Gasteiger charge is -2.24. The van der Waals surface area contributed by atoms with Crippen molar-refractivity contribution in [2.75, 3.05) is 10.7 Å². The first-order chi connectivity index (χ1) is 10.1. The summed E-state index contributed by atoms with van der Waals surface area (Å²) in [4.78, 5) is 13.9. The fourth-order valence-electron chi connectivity index (χ4n) is 2.34. The van der Waals surface area contributed by atoms with Gasteiger partial charge in [-0.15, -0.1) is 11.8 Å². The van der Waals surface area contributed by atoms with Crippen LogP contribution in [0, 0.1) is 12.7 Å². The highest BCUT2D eigenvalue weighted by Gasteiger charge is 2.34. The van der Waals surface area contributed by atoms with Crippen LogP contribution in [0.1, 0.15) is 16.5 Å². The zero-order chi connectivity index (χ0) is 15.0. The van der Waals surface area contributed by atoms with Crippen molar-refractivity contribution in [2.24, 2.45) is 0 Å². The minimum absolute atomic E-state index is 0.00762. The molecule has 1 aliphatic heterocycles. The lowest BCUT2D eigenvalue weighted by atomic mass is 10.1. The van der Waals surface area contributed by atoms with Crippen molar-refractivity contribution in [3.63, 3.8) is 0 Å². The molecule has 1 saturated heterocycles. The van der Waals surface area contributed by atoms with Gasteiger partial charge in [0, 0.05) is 10.2 Å². The van der Waals surface area contributed by atoms with E-state index in [1.165, 1.54) is 6.07 Å². The number of halogens is 2. The standard InChI is InChI=1S/C16H13BrFNOS/c1-10-5-6-13(8-14(10)18)19-15(20)9-21-16(19)11-3-2-4-12(17)7-11/h2-8,16H,9H2,1H3/t16-/m1/s1. The molecule has 1 fully saturated rings. The van der Waals surface area contributed by atoms with Crippen LogP contribution in [0.25, 0.3) is 0 Å². The second kappa shape index (κ2) is 5.81. The highest BCUT2D eigenvalue weighted by Crippen LogP contribution is 2.42. The maximum absolute atomic E-state index is 13.8. The number of nitrogens with zero attached hydrogens (tertiary/aromatic N) is 1. The molecule has 2 nitrogen and oxygen atoms in total. The Morgan fingerprint density at radius 3 is 2.81 bits per heavy atom. The van der Waals surface area contributed by atoms with Crippen molar-refractivity contribution >= 4 is 39.3 Å². The van der Waals surface area contributed by atoms with E-state index in [9.17, 15) is 9.18 Å². The van der Waals surface area contributed by atoms with Crippen LogP contribution in [0.3, 0.4) is 0 Å². The van der Waals surface area contributed by atoms with Gasteiger partial charge in [-0.25, -0.2) is 4.39 Å². The van der Waals surface area contributed by atoms with Gasteiger partial charge in [0.25, 0.3) is 0 Å². The summed E-state index contributed by atoms with van der Waals surface area (Å²) in [6.45, 7) is 1.71. The van der Waals surface area contributed by atoms with Crippen molar-refractivity contribution in [1.29, 1.82) is 0 Å². The van der Waals surface area contributed by atoms with Crippen molar-refractivity contribution in [1.82, 2.24) is 0 Å². The van der Waals surface area contributed by atoms with E-state index >= 15 is 0 Å². The van der Waals surface area contributed by atoms with Crippen LogP contribution in [0.2, 0.25) is 0 Å². The maximum Gasteiger partial charge on any atom is 0.238 e. The molecular weight excluding hydrogens is 353 g/mol. The highest BCUT2D eigenvalue weighted by molar-refractivity contribution is 9.10. The number of carbonyl (C=O) groups is 1. The fraction of sp³-hybridized carbons (Fsp3) is 0.188. The summed E-state index contributed by atoms with van der Waals surface area (Å²) in [5.74, 6) is 0.130. The van der Waals surface area contributed by atoms with Crippen molar-refractivity contribution in [3.05, 3.63) is 63.9 Å². The lowest BCUT2D eigenvalue weighted by Crippen LogP contribution is -2.27. The monoisotopic (exact) mass is 365 g/mol. The molecular formula is C16H13BrFNOS. The Morgan fingerprint density at radius 1 is 1.29 bits per heavy atom. The first-order valence-corrected chi connectivity index (χ1v) is 8.36. The third-order valence-electron chi connectivity index (χ3n) is 3.44. The lowest BCUT2D eigenvalue weighted by molar-refractivity contribution is -0.115. The summed E-state index contributed by atoms with van der Waals surface area (Å²) < 4.78 is 14.8. The molecule has 0 saturated carbocycles. The molecule has 0 radical (unpaired) electrons. The van der Waals surface area contributed by atoms with Gasteiger partial charge < -0.3 is 0 Å². The van der Waals surface area contributed by atoms with Gasteiger partial charge in [-0.3, -0.25) is 9.69 Å². The number of aryl methyl sites for hydroxylation is 1. The molecule has 2 aromatic rings. The Labute approximate surface area is 135 Å². The molecule has 1 heterocycles. The van der Waals surface area contributed by atoms with Crippen LogP contribution in [0.15, 0.2) is 46.9 Å². The average Bonchev–Trinajstić information content (AvgIpc) is 2.84. The summed E-state index contributed by atoms with van der Waals surface area (Å²) in [6, 6.07) is 12.8. The van der Waals surface area contributed by atoms with E-state index in [1.54, 1.807) is 35.7 Å². The molecule has 0 bridgehead atoms. The zero-order valence-electron chi connectivity index (χ0n) is 11.3. The quantitative estimate of drug-likeness (QED) is 0.770. The average molecular weight is 366 g/mol. The molecule has 5 heteroatoms. The van der Waals surface area contributed by atoms with Crippen LogP contribution in [0.4, 0.5) is 10.1 Å². The molecule has 108 valence electrons. The normalized spacial score (nSPS) is 18.3. The minimum atomic E-state index is -0.287. The van der Waals surface area contributed by atoms with Crippen molar-refractivity contribution < 1.29 is 9.18 Å². The van der Waals surface area contributed by atoms with E-state index in [-0.39, 0.29) is 17.1 Å². The topological polar surface area (TPSA) is 20.3 Å². The van der Waals surface area contributed by atoms with Crippen LogP contribution < -0.4 is 4.90 Å². The Balaban J connectivity index is 2.01. The van der Waals surface area contributed by atoms with E-state index < -0.39 is 0 Å². The van der Waals surface area contributed by atoms with Crippen molar-refractivity contribution in [2.45, 2.75) is 12.3 Å². The predicted octanol–water partition coefficient (Wildman–Crippen LogP) is 4.68. The number of hydrogen-bond donors (Lipinski definition) is 0. The van der Waals surface area contributed by atoms with E-state index in [2.05, 4.69) is 15.9 Å². The number of thioether (sulfide) groups is 1. The van der Waals surface area contributed by atoms with E-state index in [0.29, 0.717) is 17.0 Å². The Hall–Kier alpha value is -1.33.